The molecule has 4 aromatic rings. The van der Waals surface area contributed by atoms with E-state index in [-0.39, 0.29) is 0 Å². The Hall–Kier alpha value is -2.81. The first-order valence-corrected chi connectivity index (χ1v) is 8.10. The number of nitrogens with one attached hydrogen (secondary N) is 1. The highest BCUT2D eigenvalue weighted by molar-refractivity contribution is 5.80. The van der Waals surface area contributed by atoms with Gasteiger partial charge in [-0.25, -0.2) is 0 Å². The smallest absolute Gasteiger partial charge is 0.0671 e. The van der Waals surface area contributed by atoms with Crippen LogP contribution in [0.25, 0.3) is 27.8 Å². The molecule has 1 N–H and O–H groups in total. The molecule has 0 atom stereocenters. The number of benzene rings is 2. The molecule has 0 unspecified atom stereocenters. The summed E-state index contributed by atoms with van der Waals surface area (Å²) >= 11 is 0. The molecule has 0 aliphatic heterocycles. The van der Waals surface area contributed by atoms with Crippen LogP contribution in [-0.4, -0.2) is 14.8 Å². The van der Waals surface area contributed by atoms with Gasteiger partial charge in [-0.15, -0.1) is 0 Å². The summed E-state index contributed by atoms with van der Waals surface area (Å²) in [6.07, 6.45) is 6.66. The summed E-state index contributed by atoms with van der Waals surface area (Å²) in [5.74, 6) is 0.804. The molecule has 0 bridgehead atoms. The van der Waals surface area contributed by atoms with Crippen LogP contribution >= 0.6 is 0 Å². The molecule has 112 valence electrons. The second-order valence-corrected chi connectivity index (χ2v) is 6.30. The highest BCUT2D eigenvalue weighted by Crippen LogP contribution is 2.40. The first-order chi connectivity index (χ1) is 11.4. The highest BCUT2D eigenvalue weighted by atomic mass is 15.1. The van der Waals surface area contributed by atoms with Crippen molar-refractivity contribution in [2.45, 2.75) is 18.8 Å². The summed E-state index contributed by atoms with van der Waals surface area (Å²) in [7, 11) is 0. The second-order valence-electron chi connectivity index (χ2n) is 6.30. The Morgan fingerprint density at radius 2 is 1.87 bits per heavy atom. The lowest BCUT2D eigenvalue weighted by atomic mass is 10.1. The van der Waals surface area contributed by atoms with Crippen LogP contribution in [0.3, 0.4) is 0 Å². The maximum Gasteiger partial charge on any atom is 0.0671 e. The molecule has 1 saturated carbocycles. The zero-order valence-corrected chi connectivity index (χ0v) is 12.7. The van der Waals surface area contributed by atoms with Gasteiger partial charge in [-0.1, -0.05) is 24.3 Å². The Bertz CT molecular complexity index is 971. The van der Waals surface area contributed by atoms with Crippen molar-refractivity contribution >= 4 is 10.9 Å². The van der Waals surface area contributed by atoms with Gasteiger partial charge in [0, 0.05) is 17.3 Å². The van der Waals surface area contributed by atoms with Gasteiger partial charge in [0.15, 0.2) is 0 Å². The predicted molar refractivity (Wildman–Crippen MR) is 92.8 cm³/mol. The predicted octanol–water partition coefficient (Wildman–Crippen LogP) is 4.90. The molecule has 0 spiro atoms. The molecule has 2 aromatic carbocycles. The normalized spacial score (nSPS) is 14.4. The number of aromatic amines is 1. The van der Waals surface area contributed by atoms with Gasteiger partial charge in [-0.2, -0.15) is 5.10 Å². The van der Waals surface area contributed by atoms with E-state index in [0.717, 1.165) is 22.5 Å². The summed E-state index contributed by atoms with van der Waals surface area (Å²) in [5.41, 5.74) is 6.15. The van der Waals surface area contributed by atoms with E-state index in [4.69, 9.17) is 0 Å². The number of hydrogen-bond donors (Lipinski definition) is 1. The van der Waals surface area contributed by atoms with Crippen LogP contribution in [0.4, 0.5) is 0 Å². The van der Waals surface area contributed by atoms with Gasteiger partial charge < -0.3 is 4.57 Å². The van der Waals surface area contributed by atoms with Crippen molar-refractivity contribution in [1.82, 2.24) is 14.8 Å². The quantitative estimate of drug-likeness (QED) is 0.573. The minimum Gasteiger partial charge on any atom is -0.317 e. The second kappa shape index (κ2) is 4.85. The fourth-order valence-corrected chi connectivity index (χ4v) is 3.26. The van der Waals surface area contributed by atoms with E-state index in [1.807, 2.05) is 6.20 Å². The van der Waals surface area contributed by atoms with Crippen molar-refractivity contribution < 1.29 is 0 Å². The average Bonchev–Trinajstić information content (AvgIpc) is 3.14. The fourth-order valence-electron chi connectivity index (χ4n) is 3.26. The Labute approximate surface area is 134 Å². The minimum absolute atomic E-state index is 0.804. The van der Waals surface area contributed by atoms with Crippen molar-refractivity contribution in [2.24, 2.45) is 0 Å². The van der Waals surface area contributed by atoms with Crippen LogP contribution in [0.1, 0.15) is 24.3 Å². The molecule has 2 aromatic heterocycles. The molecule has 2 heterocycles. The zero-order valence-electron chi connectivity index (χ0n) is 12.7. The van der Waals surface area contributed by atoms with Crippen LogP contribution in [0, 0.1) is 0 Å². The van der Waals surface area contributed by atoms with Gasteiger partial charge in [0.25, 0.3) is 0 Å². The van der Waals surface area contributed by atoms with Crippen LogP contribution in [0.2, 0.25) is 0 Å². The van der Waals surface area contributed by atoms with Gasteiger partial charge in [0.1, 0.15) is 0 Å². The van der Waals surface area contributed by atoms with Crippen molar-refractivity contribution in [3.8, 4) is 16.9 Å². The fraction of sp³-hybridized carbons (Fsp3) is 0.150. The Balaban J connectivity index is 1.58. The first kappa shape index (κ1) is 12.7. The Kier molecular flexibility index (Phi) is 2.68. The van der Waals surface area contributed by atoms with E-state index in [9.17, 15) is 0 Å². The van der Waals surface area contributed by atoms with Gasteiger partial charge >= 0.3 is 0 Å². The van der Waals surface area contributed by atoms with Gasteiger partial charge in [0.2, 0.25) is 0 Å². The molecule has 5 rings (SSSR count). The molecule has 3 nitrogen and oxygen atoms in total. The minimum atomic E-state index is 0.804. The van der Waals surface area contributed by atoms with Crippen molar-refractivity contribution in [1.29, 1.82) is 0 Å². The lowest BCUT2D eigenvalue weighted by molar-refractivity contribution is 1.08. The first-order valence-electron chi connectivity index (χ1n) is 8.10. The third-order valence-electron chi connectivity index (χ3n) is 4.71. The summed E-state index contributed by atoms with van der Waals surface area (Å²) in [6.45, 7) is 0. The van der Waals surface area contributed by atoms with Crippen LogP contribution < -0.4 is 0 Å². The molecule has 0 amide bonds. The maximum atomic E-state index is 4.10. The monoisotopic (exact) mass is 299 g/mol. The summed E-state index contributed by atoms with van der Waals surface area (Å²) in [4.78, 5) is 0. The molecule has 1 fully saturated rings. The van der Waals surface area contributed by atoms with Crippen molar-refractivity contribution in [3.05, 3.63) is 72.6 Å². The number of rotatable bonds is 3. The van der Waals surface area contributed by atoms with E-state index >= 15 is 0 Å². The SMILES string of the molecule is c1cc(-c2ccc(C3CC3)cc2)n(-c2ccc3cn[nH]c3c2)c1. The third-order valence-corrected chi connectivity index (χ3v) is 4.71. The summed E-state index contributed by atoms with van der Waals surface area (Å²) < 4.78 is 2.23. The standard InChI is InChI=1S/C20H17N3/c1-2-20(16-7-5-15(6-8-16)14-3-4-14)23(11-1)18-10-9-17-13-21-22-19(17)12-18/h1-2,5-14H,3-4H2,(H,21,22). The average molecular weight is 299 g/mol. The molecule has 0 saturated heterocycles. The van der Waals surface area contributed by atoms with Crippen LogP contribution in [-0.2, 0) is 0 Å². The third kappa shape index (κ3) is 2.16. The number of H-pyrrole nitrogens is 1. The zero-order chi connectivity index (χ0) is 15.2. The molecule has 1 aliphatic rings. The van der Waals surface area contributed by atoms with Gasteiger partial charge in [-0.05, 0) is 60.2 Å². The molecule has 1 aliphatic carbocycles. The van der Waals surface area contributed by atoms with E-state index in [2.05, 4.69) is 75.6 Å². The van der Waals surface area contributed by atoms with E-state index < -0.39 is 0 Å². The number of nitrogens with zero attached hydrogens (tertiary/aromatic N) is 2. The molecule has 0 radical (unpaired) electrons. The summed E-state index contributed by atoms with van der Waals surface area (Å²) in [5, 5.41) is 8.28. The van der Waals surface area contributed by atoms with Crippen LogP contribution in [0.15, 0.2) is 67.0 Å². The van der Waals surface area contributed by atoms with E-state index in [0.29, 0.717) is 0 Å². The molecular formula is C20H17N3. The van der Waals surface area contributed by atoms with Crippen molar-refractivity contribution in [3.63, 3.8) is 0 Å². The molecule has 3 heteroatoms. The highest BCUT2D eigenvalue weighted by Gasteiger charge is 2.23. The van der Waals surface area contributed by atoms with E-state index in [1.165, 1.54) is 29.7 Å². The molecular weight excluding hydrogens is 282 g/mol. The van der Waals surface area contributed by atoms with Crippen LogP contribution in [0.5, 0.6) is 0 Å². The number of hydrogen-bond acceptors (Lipinski definition) is 1. The Morgan fingerprint density at radius 3 is 2.70 bits per heavy atom. The largest absolute Gasteiger partial charge is 0.317 e. The number of fused-ring (bicyclic) bond motifs is 1. The maximum absolute atomic E-state index is 4.10. The van der Waals surface area contributed by atoms with Gasteiger partial charge in [0.05, 0.1) is 17.4 Å². The molecule has 23 heavy (non-hydrogen) atoms. The lowest BCUT2D eigenvalue weighted by Crippen LogP contribution is -1.95. The lowest BCUT2D eigenvalue weighted by Gasteiger charge is -2.10. The van der Waals surface area contributed by atoms with Crippen molar-refractivity contribution in [2.75, 3.05) is 0 Å². The van der Waals surface area contributed by atoms with Gasteiger partial charge in [-0.3, -0.25) is 5.10 Å². The van der Waals surface area contributed by atoms with E-state index in [1.54, 1.807) is 0 Å². The summed E-state index contributed by atoms with van der Waals surface area (Å²) in [6, 6.07) is 19.7. The number of aromatic nitrogens is 3. The Morgan fingerprint density at radius 1 is 1.00 bits per heavy atom. The topological polar surface area (TPSA) is 33.6 Å².